The summed E-state index contributed by atoms with van der Waals surface area (Å²) < 4.78 is 0. The Kier molecular flexibility index (Phi) is 4.12. The molecule has 94 valence electrons. The lowest BCUT2D eigenvalue weighted by atomic mass is 9.93. The summed E-state index contributed by atoms with van der Waals surface area (Å²) in [4.78, 5) is 1.81. The number of piperidine rings is 1. The first-order valence-corrected chi connectivity index (χ1v) is 5.95. The van der Waals surface area contributed by atoms with Crippen LogP contribution in [-0.2, 0) is 6.42 Å². The Bertz CT molecular complexity index is 344. The molecule has 1 aliphatic heterocycles. The second-order valence-electron chi connectivity index (χ2n) is 4.63. The van der Waals surface area contributed by atoms with Crippen molar-refractivity contribution in [2.45, 2.75) is 31.1 Å². The van der Waals surface area contributed by atoms with Gasteiger partial charge in [0.1, 0.15) is 0 Å². The van der Waals surface area contributed by atoms with Crippen LogP contribution in [-0.4, -0.2) is 51.7 Å². The van der Waals surface area contributed by atoms with Gasteiger partial charge in [0.15, 0.2) is 0 Å². The van der Waals surface area contributed by atoms with Crippen LogP contribution in [0.3, 0.4) is 0 Å². The first-order valence-electron chi connectivity index (χ1n) is 5.95. The van der Waals surface area contributed by atoms with Crippen LogP contribution in [0.4, 0.5) is 0 Å². The number of rotatable bonds is 3. The van der Waals surface area contributed by atoms with E-state index in [9.17, 15) is 15.3 Å². The molecule has 4 nitrogen and oxygen atoms in total. The van der Waals surface area contributed by atoms with Crippen LogP contribution in [0.2, 0.25) is 0 Å². The molecular weight excluding hydrogens is 218 g/mol. The van der Waals surface area contributed by atoms with Gasteiger partial charge in [0.25, 0.3) is 0 Å². The van der Waals surface area contributed by atoms with E-state index in [1.165, 1.54) is 5.56 Å². The highest BCUT2D eigenvalue weighted by Gasteiger charge is 2.32. The minimum Gasteiger partial charge on any atom is -0.390 e. The summed E-state index contributed by atoms with van der Waals surface area (Å²) in [6, 6.07) is 10.1. The van der Waals surface area contributed by atoms with Crippen molar-refractivity contribution in [3.63, 3.8) is 0 Å². The number of β-amino-alcohol motifs (C(OH)–C–C–N with tert-alkyl or cyclic N) is 1. The third kappa shape index (κ3) is 3.04. The number of aliphatic hydroxyl groups excluding tert-OH is 3. The Hall–Kier alpha value is -0.940. The zero-order chi connectivity index (χ0) is 12.3. The molecule has 0 amide bonds. The fraction of sp³-hybridized carbons (Fsp3) is 0.538. The first-order chi connectivity index (χ1) is 8.20. The monoisotopic (exact) mass is 237 g/mol. The van der Waals surface area contributed by atoms with Gasteiger partial charge in [-0.25, -0.2) is 0 Å². The Morgan fingerprint density at radius 1 is 1.12 bits per heavy atom. The number of benzene rings is 1. The van der Waals surface area contributed by atoms with E-state index in [0.29, 0.717) is 13.0 Å². The van der Waals surface area contributed by atoms with Crippen LogP contribution in [0.5, 0.6) is 0 Å². The second kappa shape index (κ2) is 5.60. The lowest BCUT2D eigenvalue weighted by Gasteiger charge is -2.39. The summed E-state index contributed by atoms with van der Waals surface area (Å²) in [6.45, 7) is 0.246. The van der Waals surface area contributed by atoms with E-state index in [1.54, 1.807) is 0 Å². The molecule has 0 bridgehead atoms. The largest absolute Gasteiger partial charge is 0.390 e. The minimum absolute atomic E-state index is 0.0821. The van der Waals surface area contributed by atoms with Gasteiger partial charge in [-0.3, -0.25) is 4.90 Å². The summed E-state index contributed by atoms with van der Waals surface area (Å²) in [5, 5.41) is 28.5. The maximum Gasteiger partial charge on any atom is 0.0959 e. The number of nitrogens with zero attached hydrogens (tertiary/aromatic N) is 1. The first kappa shape index (κ1) is 12.5. The van der Waals surface area contributed by atoms with Gasteiger partial charge in [0, 0.05) is 12.6 Å². The summed E-state index contributed by atoms with van der Waals surface area (Å²) in [6.07, 6.45) is -0.164. The third-order valence-corrected chi connectivity index (χ3v) is 3.39. The molecule has 1 heterocycles. The van der Waals surface area contributed by atoms with Crippen molar-refractivity contribution in [2.75, 3.05) is 13.3 Å². The fourth-order valence-corrected chi connectivity index (χ4v) is 2.37. The lowest BCUT2D eigenvalue weighted by molar-refractivity contribution is -0.0828. The molecule has 17 heavy (non-hydrogen) atoms. The van der Waals surface area contributed by atoms with Crippen molar-refractivity contribution < 1.29 is 15.3 Å². The smallest absolute Gasteiger partial charge is 0.0959 e. The maximum atomic E-state index is 9.68. The summed E-state index contributed by atoms with van der Waals surface area (Å²) in [5.74, 6) is 0. The second-order valence-corrected chi connectivity index (χ2v) is 4.63. The van der Waals surface area contributed by atoms with Crippen molar-refractivity contribution >= 4 is 0 Å². The topological polar surface area (TPSA) is 63.9 Å². The highest BCUT2D eigenvalue weighted by molar-refractivity contribution is 5.16. The van der Waals surface area contributed by atoms with E-state index < -0.39 is 12.2 Å². The normalized spacial score (nSPS) is 30.4. The number of hydrogen-bond acceptors (Lipinski definition) is 4. The van der Waals surface area contributed by atoms with Crippen LogP contribution >= 0.6 is 0 Å². The molecule has 1 aromatic rings. The molecule has 1 fully saturated rings. The Morgan fingerprint density at radius 3 is 2.47 bits per heavy atom. The molecule has 3 unspecified atom stereocenters. The summed E-state index contributed by atoms with van der Waals surface area (Å²) in [5.41, 5.74) is 1.18. The van der Waals surface area contributed by atoms with Crippen LogP contribution in [0.15, 0.2) is 30.3 Å². The molecule has 4 heteroatoms. The highest BCUT2D eigenvalue weighted by Crippen LogP contribution is 2.20. The third-order valence-electron chi connectivity index (χ3n) is 3.39. The number of aliphatic hydroxyl groups is 3. The molecule has 2 rings (SSSR count). The standard InChI is InChI=1S/C13H19NO3/c15-9-14-8-13(17)12(16)7-11(14)6-10-4-2-1-3-5-10/h1-5,11-13,15-17H,6-9H2. The lowest BCUT2D eigenvalue weighted by Crippen LogP contribution is -2.53. The summed E-state index contributed by atoms with van der Waals surface area (Å²) in [7, 11) is 0. The zero-order valence-electron chi connectivity index (χ0n) is 9.74. The van der Waals surface area contributed by atoms with Crippen molar-refractivity contribution in [3.8, 4) is 0 Å². The quantitative estimate of drug-likeness (QED) is 0.691. The Balaban J connectivity index is 2.03. The van der Waals surface area contributed by atoms with E-state index >= 15 is 0 Å². The van der Waals surface area contributed by atoms with Crippen molar-refractivity contribution in [1.82, 2.24) is 4.90 Å². The molecule has 0 aliphatic carbocycles. The number of hydrogen-bond donors (Lipinski definition) is 3. The zero-order valence-corrected chi connectivity index (χ0v) is 9.74. The molecule has 0 spiro atoms. The van der Waals surface area contributed by atoms with Gasteiger partial charge in [-0.2, -0.15) is 0 Å². The molecule has 1 saturated heterocycles. The number of likely N-dealkylation sites (tertiary alicyclic amines) is 1. The highest BCUT2D eigenvalue weighted by atomic mass is 16.3. The van der Waals surface area contributed by atoms with Gasteiger partial charge in [-0.1, -0.05) is 30.3 Å². The van der Waals surface area contributed by atoms with Crippen LogP contribution < -0.4 is 0 Å². The molecule has 0 saturated carbocycles. The molecule has 1 aromatic carbocycles. The molecule has 0 radical (unpaired) electrons. The molecule has 1 aliphatic rings. The Morgan fingerprint density at radius 2 is 1.82 bits per heavy atom. The molecule has 0 aromatic heterocycles. The maximum absolute atomic E-state index is 9.68. The van der Waals surface area contributed by atoms with Crippen LogP contribution in [0.25, 0.3) is 0 Å². The van der Waals surface area contributed by atoms with Gasteiger partial charge < -0.3 is 15.3 Å². The van der Waals surface area contributed by atoms with Gasteiger partial charge >= 0.3 is 0 Å². The van der Waals surface area contributed by atoms with E-state index in [4.69, 9.17) is 0 Å². The van der Waals surface area contributed by atoms with E-state index in [-0.39, 0.29) is 12.8 Å². The fourth-order valence-electron chi connectivity index (χ4n) is 2.37. The van der Waals surface area contributed by atoms with Gasteiger partial charge in [-0.15, -0.1) is 0 Å². The minimum atomic E-state index is -0.755. The average Bonchev–Trinajstić information content (AvgIpc) is 2.35. The van der Waals surface area contributed by atoms with Gasteiger partial charge in [-0.05, 0) is 18.4 Å². The van der Waals surface area contributed by atoms with Crippen molar-refractivity contribution in [3.05, 3.63) is 35.9 Å². The SMILES string of the molecule is OCN1CC(O)C(O)CC1Cc1ccccc1. The van der Waals surface area contributed by atoms with E-state index in [0.717, 1.165) is 6.42 Å². The Labute approximate surface area is 101 Å². The predicted molar refractivity (Wildman–Crippen MR) is 64.4 cm³/mol. The van der Waals surface area contributed by atoms with Crippen LogP contribution in [0.1, 0.15) is 12.0 Å². The van der Waals surface area contributed by atoms with E-state index in [1.807, 2.05) is 35.2 Å². The summed E-state index contributed by atoms with van der Waals surface area (Å²) >= 11 is 0. The molecule has 3 atom stereocenters. The van der Waals surface area contributed by atoms with Gasteiger partial charge in [0.2, 0.25) is 0 Å². The molecular formula is C13H19NO3. The average molecular weight is 237 g/mol. The van der Waals surface area contributed by atoms with Crippen molar-refractivity contribution in [2.24, 2.45) is 0 Å². The van der Waals surface area contributed by atoms with Crippen LogP contribution in [0, 0.1) is 0 Å². The van der Waals surface area contributed by atoms with Crippen molar-refractivity contribution in [1.29, 1.82) is 0 Å². The molecule has 3 N–H and O–H groups in total. The van der Waals surface area contributed by atoms with E-state index in [2.05, 4.69) is 0 Å². The predicted octanol–water partition coefficient (Wildman–Crippen LogP) is -0.0250. The van der Waals surface area contributed by atoms with Gasteiger partial charge in [0.05, 0.1) is 18.9 Å².